The van der Waals surface area contributed by atoms with Crippen molar-refractivity contribution in [3.8, 4) is 5.75 Å². The summed E-state index contributed by atoms with van der Waals surface area (Å²) >= 11 is 0. The topological polar surface area (TPSA) is 64.6 Å². The number of anilines is 1. The van der Waals surface area contributed by atoms with Gasteiger partial charge < -0.3 is 14.8 Å². The predicted molar refractivity (Wildman–Crippen MR) is 107 cm³/mol. The minimum Gasteiger partial charge on any atom is -0.492 e. The van der Waals surface area contributed by atoms with Crippen molar-refractivity contribution in [1.29, 1.82) is 0 Å². The molecule has 1 amide bonds. The van der Waals surface area contributed by atoms with Crippen molar-refractivity contribution in [2.24, 2.45) is 0 Å². The molecule has 29 heavy (non-hydrogen) atoms. The lowest BCUT2D eigenvalue weighted by atomic mass is 10.1. The number of benzene rings is 3. The van der Waals surface area contributed by atoms with Crippen molar-refractivity contribution < 1.29 is 23.5 Å². The third kappa shape index (κ3) is 5.19. The van der Waals surface area contributed by atoms with Gasteiger partial charge in [-0.1, -0.05) is 42.5 Å². The van der Waals surface area contributed by atoms with Crippen LogP contribution in [-0.2, 0) is 9.53 Å². The molecule has 0 saturated heterocycles. The molecule has 5 nitrogen and oxygen atoms in total. The minimum atomic E-state index is -1.19. The van der Waals surface area contributed by atoms with Gasteiger partial charge in [-0.2, -0.15) is 0 Å². The van der Waals surface area contributed by atoms with Crippen LogP contribution in [-0.4, -0.2) is 18.5 Å². The molecule has 0 aliphatic carbocycles. The Hall–Kier alpha value is -3.67. The molecule has 0 heterocycles. The van der Waals surface area contributed by atoms with Gasteiger partial charge >= 0.3 is 5.97 Å². The van der Waals surface area contributed by atoms with E-state index in [1.807, 2.05) is 6.92 Å². The van der Waals surface area contributed by atoms with Crippen molar-refractivity contribution in [2.75, 3.05) is 11.9 Å². The molecule has 0 unspecified atom stereocenters. The number of halogens is 1. The number of rotatable bonds is 7. The zero-order chi connectivity index (χ0) is 20.6. The molecule has 0 radical (unpaired) electrons. The van der Waals surface area contributed by atoms with Gasteiger partial charge in [-0.25, -0.2) is 9.18 Å². The van der Waals surface area contributed by atoms with Crippen LogP contribution in [0.15, 0.2) is 78.9 Å². The Kier molecular flexibility index (Phi) is 6.58. The monoisotopic (exact) mass is 393 g/mol. The Morgan fingerprint density at radius 3 is 2.28 bits per heavy atom. The number of carbonyl (C=O) groups excluding carboxylic acids is 2. The standard InChI is InChI=1S/C23H20FNO4/c1-2-28-20-11-7-6-10-19(20)25-22(26)21(16-8-4-3-5-9-16)29-23(27)17-12-14-18(24)15-13-17/h3-15,21H,2H2,1H3,(H,25,26)/t21-/m0/s1. The molecule has 3 aromatic carbocycles. The van der Waals surface area contributed by atoms with Crippen LogP contribution in [0.2, 0.25) is 0 Å². The molecule has 0 aliphatic heterocycles. The highest BCUT2D eigenvalue weighted by Gasteiger charge is 2.26. The smallest absolute Gasteiger partial charge is 0.339 e. The summed E-state index contributed by atoms with van der Waals surface area (Å²) in [7, 11) is 0. The third-order valence-electron chi connectivity index (χ3n) is 4.09. The van der Waals surface area contributed by atoms with E-state index in [0.717, 1.165) is 12.1 Å². The summed E-state index contributed by atoms with van der Waals surface area (Å²) in [4.78, 5) is 25.5. The lowest BCUT2D eigenvalue weighted by molar-refractivity contribution is -0.125. The van der Waals surface area contributed by atoms with Gasteiger partial charge in [0.15, 0.2) is 0 Å². The van der Waals surface area contributed by atoms with Gasteiger partial charge in [0.25, 0.3) is 5.91 Å². The summed E-state index contributed by atoms with van der Waals surface area (Å²) in [6.07, 6.45) is -1.19. The number of esters is 1. The molecule has 148 valence electrons. The summed E-state index contributed by atoms with van der Waals surface area (Å²) in [6.45, 7) is 2.28. The van der Waals surface area contributed by atoms with Crippen LogP contribution in [0.25, 0.3) is 0 Å². The molecule has 0 aliphatic rings. The maximum absolute atomic E-state index is 13.1. The maximum Gasteiger partial charge on any atom is 0.339 e. The van der Waals surface area contributed by atoms with Gasteiger partial charge in [0, 0.05) is 5.56 Å². The van der Waals surface area contributed by atoms with Crippen LogP contribution in [0, 0.1) is 5.82 Å². The lowest BCUT2D eigenvalue weighted by Crippen LogP contribution is -2.26. The summed E-state index contributed by atoms with van der Waals surface area (Å²) in [5.41, 5.74) is 1.13. The van der Waals surface area contributed by atoms with Crippen LogP contribution in [0.1, 0.15) is 28.9 Å². The summed E-state index contributed by atoms with van der Waals surface area (Å²) in [5.74, 6) is -1.21. The van der Waals surface area contributed by atoms with Gasteiger partial charge in [0.05, 0.1) is 17.9 Å². The molecule has 0 bridgehead atoms. The highest BCUT2D eigenvalue weighted by Crippen LogP contribution is 2.27. The molecule has 0 aromatic heterocycles. The van der Waals surface area contributed by atoms with Crippen LogP contribution in [0.3, 0.4) is 0 Å². The molecule has 0 spiro atoms. The highest BCUT2D eigenvalue weighted by atomic mass is 19.1. The molecule has 0 saturated carbocycles. The van der Waals surface area contributed by atoms with Crippen molar-refractivity contribution in [1.82, 2.24) is 0 Å². The van der Waals surface area contributed by atoms with Gasteiger partial charge in [-0.3, -0.25) is 4.79 Å². The number of amides is 1. The average Bonchev–Trinajstić information content (AvgIpc) is 2.74. The number of hydrogen-bond acceptors (Lipinski definition) is 4. The number of hydrogen-bond donors (Lipinski definition) is 1. The molecule has 3 rings (SSSR count). The molecule has 6 heteroatoms. The zero-order valence-electron chi connectivity index (χ0n) is 15.8. The lowest BCUT2D eigenvalue weighted by Gasteiger charge is -2.19. The first-order chi connectivity index (χ1) is 14.1. The van der Waals surface area contributed by atoms with Gasteiger partial charge in [-0.15, -0.1) is 0 Å². The second kappa shape index (κ2) is 9.50. The molecular formula is C23H20FNO4. The zero-order valence-corrected chi connectivity index (χ0v) is 15.8. The van der Waals surface area contributed by atoms with E-state index in [4.69, 9.17) is 9.47 Å². The molecule has 1 atom stereocenters. The summed E-state index contributed by atoms with van der Waals surface area (Å²) in [6, 6.07) is 20.6. The van der Waals surface area contributed by atoms with Crippen LogP contribution < -0.4 is 10.1 Å². The van der Waals surface area contributed by atoms with Crippen LogP contribution in [0.4, 0.5) is 10.1 Å². The van der Waals surface area contributed by atoms with E-state index >= 15 is 0 Å². The number of ether oxygens (including phenoxy) is 2. The second-order valence-corrected chi connectivity index (χ2v) is 6.12. The predicted octanol–water partition coefficient (Wildman–Crippen LogP) is 4.76. The quantitative estimate of drug-likeness (QED) is 0.588. The minimum absolute atomic E-state index is 0.148. The SMILES string of the molecule is CCOc1ccccc1NC(=O)[C@@H](OC(=O)c1ccc(F)cc1)c1ccccc1. The van der Waals surface area contributed by atoms with Gasteiger partial charge in [0.1, 0.15) is 11.6 Å². The molecule has 3 aromatic rings. The van der Waals surface area contributed by atoms with Crippen molar-refractivity contribution in [3.63, 3.8) is 0 Å². The molecule has 1 N–H and O–H groups in total. The van der Waals surface area contributed by atoms with Gasteiger partial charge in [-0.05, 0) is 43.3 Å². The first kappa shape index (κ1) is 20.1. The first-order valence-corrected chi connectivity index (χ1v) is 9.12. The fourth-order valence-corrected chi connectivity index (χ4v) is 2.71. The van der Waals surface area contributed by atoms with E-state index in [1.54, 1.807) is 54.6 Å². The van der Waals surface area contributed by atoms with E-state index in [0.29, 0.717) is 23.6 Å². The van der Waals surface area contributed by atoms with E-state index in [-0.39, 0.29) is 5.56 Å². The molecule has 0 fully saturated rings. The van der Waals surface area contributed by atoms with E-state index in [1.165, 1.54) is 12.1 Å². The number of para-hydroxylation sites is 2. The first-order valence-electron chi connectivity index (χ1n) is 9.12. The Labute approximate surface area is 168 Å². The van der Waals surface area contributed by atoms with E-state index in [9.17, 15) is 14.0 Å². The Morgan fingerprint density at radius 1 is 0.931 bits per heavy atom. The Bertz CT molecular complexity index is 974. The van der Waals surface area contributed by atoms with E-state index < -0.39 is 23.8 Å². The van der Waals surface area contributed by atoms with Crippen LogP contribution in [0.5, 0.6) is 5.75 Å². The Morgan fingerprint density at radius 2 is 1.59 bits per heavy atom. The van der Waals surface area contributed by atoms with Crippen molar-refractivity contribution in [3.05, 3.63) is 95.8 Å². The second-order valence-electron chi connectivity index (χ2n) is 6.12. The summed E-state index contributed by atoms with van der Waals surface area (Å²) in [5, 5.41) is 2.76. The summed E-state index contributed by atoms with van der Waals surface area (Å²) < 4.78 is 24.1. The van der Waals surface area contributed by atoms with Crippen LogP contribution >= 0.6 is 0 Å². The Balaban J connectivity index is 1.85. The third-order valence-corrected chi connectivity index (χ3v) is 4.09. The number of nitrogens with one attached hydrogen (secondary N) is 1. The molecular weight excluding hydrogens is 373 g/mol. The van der Waals surface area contributed by atoms with E-state index in [2.05, 4.69) is 5.32 Å². The maximum atomic E-state index is 13.1. The highest BCUT2D eigenvalue weighted by molar-refractivity contribution is 5.99. The van der Waals surface area contributed by atoms with Crippen molar-refractivity contribution in [2.45, 2.75) is 13.0 Å². The van der Waals surface area contributed by atoms with Gasteiger partial charge in [0.2, 0.25) is 6.10 Å². The fraction of sp³-hybridized carbons (Fsp3) is 0.130. The fourth-order valence-electron chi connectivity index (χ4n) is 2.71. The normalized spacial score (nSPS) is 11.4. The van der Waals surface area contributed by atoms with Crippen molar-refractivity contribution >= 4 is 17.6 Å². The average molecular weight is 393 g/mol. The largest absolute Gasteiger partial charge is 0.492 e. The number of carbonyl (C=O) groups is 2.